The average molecular weight is 453 g/mol. The van der Waals surface area contributed by atoms with Crippen molar-refractivity contribution in [2.24, 2.45) is 0 Å². The zero-order valence-corrected chi connectivity index (χ0v) is 19.0. The molecular weight excluding hydrogens is 424 g/mol. The number of anilines is 2. The number of ether oxygens (including phenoxy) is 1. The second-order valence-corrected chi connectivity index (χ2v) is 9.02. The normalized spacial score (nSPS) is 15.9. The quantitative estimate of drug-likeness (QED) is 0.435. The Morgan fingerprint density at radius 1 is 0.941 bits per heavy atom. The first-order valence-electron chi connectivity index (χ1n) is 11.9. The van der Waals surface area contributed by atoms with Gasteiger partial charge >= 0.3 is 0 Å². The van der Waals surface area contributed by atoms with E-state index in [4.69, 9.17) is 4.74 Å². The average Bonchev–Trinajstić information content (AvgIpc) is 3.53. The van der Waals surface area contributed by atoms with Gasteiger partial charge in [-0.05, 0) is 42.7 Å². The van der Waals surface area contributed by atoms with Gasteiger partial charge in [0.25, 0.3) is 5.91 Å². The van der Waals surface area contributed by atoms with Crippen LogP contribution in [0.25, 0.3) is 10.9 Å². The zero-order chi connectivity index (χ0) is 22.9. The molecule has 2 aliphatic rings. The molecular formula is C28H28N4O2. The predicted molar refractivity (Wildman–Crippen MR) is 135 cm³/mol. The van der Waals surface area contributed by atoms with Crippen molar-refractivity contribution in [2.75, 3.05) is 30.0 Å². The van der Waals surface area contributed by atoms with Crippen LogP contribution >= 0.6 is 0 Å². The van der Waals surface area contributed by atoms with E-state index in [0.717, 1.165) is 54.8 Å². The maximum absolute atomic E-state index is 13.3. The molecule has 6 rings (SSSR count). The summed E-state index contributed by atoms with van der Waals surface area (Å²) >= 11 is 0. The van der Waals surface area contributed by atoms with E-state index in [1.807, 2.05) is 59.5 Å². The van der Waals surface area contributed by atoms with E-state index in [1.54, 1.807) is 0 Å². The lowest BCUT2D eigenvalue weighted by Gasteiger charge is -2.37. The maximum Gasteiger partial charge on any atom is 0.270 e. The summed E-state index contributed by atoms with van der Waals surface area (Å²) in [5, 5.41) is 4.47. The maximum atomic E-state index is 13.3. The minimum atomic E-state index is 0.0589. The van der Waals surface area contributed by atoms with Gasteiger partial charge in [0.1, 0.15) is 18.1 Å². The summed E-state index contributed by atoms with van der Waals surface area (Å²) in [6, 6.07) is 26.9. The number of nitrogens with zero attached hydrogens (tertiary/aromatic N) is 2. The number of para-hydroxylation sites is 3. The van der Waals surface area contributed by atoms with Crippen molar-refractivity contribution in [3.8, 4) is 5.75 Å². The van der Waals surface area contributed by atoms with Crippen LogP contribution in [0.3, 0.4) is 0 Å². The van der Waals surface area contributed by atoms with Gasteiger partial charge in [0.05, 0.1) is 23.6 Å². The van der Waals surface area contributed by atoms with Crippen molar-refractivity contribution in [3.63, 3.8) is 0 Å². The van der Waals surface area contributed by atoms with Gasteiger partial charge in [0.2, 0.25) is 0 Å². The summed E-state index contributed by atoms with van der Waals surface area (Å²) in [5.41, 5.74) is 5.07. The lowest BCUT2D eigenvalue weighted by molar-refractivity contribution is 0.0708. The Morgan fingerprint density at radius 2 is 1.74 bits per heavy atom. The number of rotatable bonds is 5. The third-order valence-corrected chi connectivity index (χ3v) is 6.93. The molecule has 1 amide bonds. The van der Waals surface area contributed by atoms with E-state index in [1.165, 1.54) is 11.4 Å². The van der Waals surface area contributed by atoms with Crippen LogP contribution in [0.15, 0.2) is 78.9 Å². The van der Waals surface area contributed by atoms with Crippen molar-refractivity contribution in [3.05, 3.63) is 90.1 Å². The Balaban J connectivity index is 1.13. The van der Waals surface area contributed by atoms with E-state index in [2.05, 4.69) is 39.5 Å². The van der Waals surface area contributed by atoms with Crippen molar-refractivity contribution in [2.45, 2.75) is 25.5 Å². The van der Waals surface area contributed by atoms with Crippen molar-refractivity contribution < 1.29 is 9.53 Å². The summed E-state index contributed by atoms with van der Waals surface area (Å²) in [4.78, 5) is 21.1. The number of aromatic nitrogens is 1. The first kappa shape index (κ1) is 20.7. The topological polar surface area (TPSA) is 60.6 Å². The Labute approximate surface area is 199 Å². The number of piperidine rings is 1. The molecule has 1 saturated heterocycles. The third kappa shape index (κ3) is 3.85. The number of benzene rings is 3. The molecule has 0 saturated carbocycles. The number of amides is 1. The van der Waals surface area contributed by atoms with Crippen LogP contribution in [-0.2, 0) is 6.61 Å². The molecule has 3 heterocycles. The Kier molecular flexibility index (Phi) is 5.34. The highest BCUT2D eigenvalue weighted by molar-refractivity contribution is 5.99. The van der Waals surface area contributed by atoms with Crippen LogP contribution in [0.5, 0.6) is 5.75 Å². The second kappa shape index (κ2) is 8.78. The van der Waals surface area contributed by atoms with Crippen molar-refractivity contribution in [1.82, 2.24) is 9.88 Å². The summed E-state index contributed by atoms with van der Waals surface area (Å²) in [6.07, 6.45) is 1.93. The highest BCUT2D eigenvalue weighted by atomic mass is 16.5. The smallest absolute Gasteiger partial charge is 0.270 e. The highest BCUT2D eigenvalue weighted by Crippen LogP contribution is 2.35. The van der Waals surface area contributed by atoms with E-state index in [9.17, 15) is 4.79 Å². The first-order chi connectivity index (χ1) is 16.8. The van der Waals surface area contributed by atoms with E-state index >= 15 is 0 Å². The molecule has 1 fully saturated rings. The number of H-pyrrole nitrogens is 1. The Hall–Kier alpha value is -3.93. The van der Waals surface area contributed by atoms with Gasteiger partial charge in [-0.25, -0.2) is 0 Å². The van der Waals surface area contributed by atoms with Crippen molar-refractivity contribution >= 4 is 28.2 Å². The molecule has 3 aromatic carbocycles. The fourth-order valence-corrected chi connectivity index (χ4v) is 5.11. The van der Waals surface area contributed by atoms with Crippen LogP contribution in [0.2, 0.25) is 0 Å². The van der Waals surface area contributed by atoms with E-state index in [0.29, 0.717) is 18.3 Å². The molecule has 0 aliphatic carbocycles. The van der Waals surface area contributed by atoms with Gasteiger partial charge in [-0.15, -0.1) is 0 Å². The summed E-state index contributed by atoms with van der Waals surface area (Å²) in [5.74, 6) is 0.822. The Bertz CT molecular complexity index is 1310. The molecule has 2 N–H and O–H groups in total. The van der Waals surface area contributed by atoms with E-state index < -0.39 is 0 Å². The predicted octanol–water partition coefficient (Wildman–Crippen LogP) is 5.24. The van der Waals surface area contributed by atoms with Gasteiger partial charge in [-0.1, -0.05) is 54.6 Å². The minimum Gasteiger partial charge on any atom is -0.487 e. The number of hydrogen-bond donors (Lipinski definition) is 2. The van der Waals surface area contributed by atoms with Gasteiger partial charge < -0.3 is 24.8 Å². The van der Waals surface area contributed by atoms with Gasteiger partial charge in [0.15, 0.2) is 0 Å². The molecule has 172 valence electrons. The van der Waals surface area contributed by atoms with Crippen LogP contribution in [0.4, 0.5) is 11.4 Å². The molecule has 0 radical (unpaired) electrons. The zero-order valence-electron chi connectivity index (χ0n) is 19.0. The number of aromatic amines is 1. The number of hydrogen-bond acceptors (Lipinski definition) is 4. The second-order valence-electron chi connectivity index (χ2n) is 9.02. The fraction of sp³-hybridized carbons (Fsp3) is 0.250. The van der Waals surface area contributed by atoms with Gasteiger partial charge in [-0.3, -0.25) is 4.79 Å². The summed E-state index contributed by atoms with van der Waals surface area (Å²) in [6.45, 7) is 2.85. The molecule has 0 atom stereocenters. The molecule has 6 heteroatoms. The van der Waals surface area contributed by atoms with Gasteiger partial charge in [0, 0.05) is 24.5 Å². The number of carbonyl (C=O) groups excluding carboxylic acids is 1. The van der Waals surface area contributed by atoms with Crippen LogP contribution in [-0.4, -0.2) is 41.6 Å². The SMILES string of the molecule is O=C(c1cc2cccc(OCc3ccccc3)c2[nH]1)N1CCC(N2CNc3ccccc32)CC1. The minimum absolute atomic E-state index is 0.0589. The standard InChI is InChI=1S/C28H28N4O2/c33-28(31-15-13-22(14-16-31)32-19-29-23-10-4-5-11-25(23)32)24-17-21-9-6-12-26(27(21)30-24)34-18-20-7-2-1-3-8-20/h1-12,17,22,29-30H,13-16,18-19H2. The number of fused-ring (bicyclic) bond motifs is 2. The molecule has 2 aliphatic heterocycles. The summed E-state index contributed by atoms with van der Waals surface area (Å²) < 4.78 is 6.08. The lowest BCUT2D eigenvalue weighted by Crippen LogP contribution is -2.46. The molecule has 1 aromatic heterocycles. The highest BCUT2D eigenvalue weighted by Gasteiger charge is 2.31. The largest absolute Gasteiger partial charge is 0.487 e. The molecule has 0 bridgehead atoms. The third-order valence-electron chi connectivity index (χ3n) is 6.93. The molecule has 4 aromatic rings. The van der Waals surface area contributed by atoms with Crippen LogP contribution in [0, 0.1) is 0 Å². The first-order valence-corrected chi connectivity index (χ1v) is 11.9. The number of nitrogens with one attached hydrogen (secondary N) is 2. The number of likely N-dealkylation sites (tertiary alicyclic amines) is 1. The van der Waals surface area contributed by atoms with E-state index in [-0.39, 0.29) is 5.91 Å². The Morgan fingerprint density at radius 3 is 2.59 bits per heavy atom. The monoisotopic (exact) mass is 452 g/mol. The molecule has 0 spiro atoms. The molecule has 34 heavy (non-hydrogen) atoms. The van der Waals surface area contributed by atoms with Crippen LogP contribution < -0.4 is 15.0 Å². The lowest BCUT2D eigenvalue weighted by atomic mass is 10.0. The van der Waals surface area contributed by atoms with Gasteiger partial charge in [-0.2, -0.15) is 0 Å². The van der Waals surface area contributed by atoms with Crippen LogP contribution in [0.1, 0.15) is 28.9 Å². The summed E-state index contributed by atoms with van der Waals surface area (Å²) in [7, 11) is 0. The van der Waals surface area contributed by atoms with Crippen molar-refractivity contribution in [1.29, 1.82) is 0 Å². The number of carbonyl (C=O) groups is 1. The fourth-order valence-electron chi connectivity index (χ4n) is 5.11. The molecule has 0 unspecified atom stereocenters. The molecule has 6 nitrogen and oxygen atoms in total.